The lowest BCUT2D eigenvalue weighted by Gasteiger charge is -2.20. The van der Waals surface area contributed by atoms with Gasteiger partial charge in [-0.15, -0.1) is 6.42 Å². The highest BCUT2D eigenvalue weighted by Gasteiger charge is 2.15. The van der Waals surface area contributed by atoms with Crippen LogP contribution in [0.2, 0.25) is 0 Å². The fourth-order valence-electron chi connectivity index (χ4n) is 1.57. The number of hydrogen-bond acceptors (Lipinski definition) is 2. The lowest BCUT2D eigenvalue weighted by molar-refractivity contribution is -0.137. The Balaban J connectivity index is 2.75. The van der Waals surface area contributed by atoms with E-state index in [0.29, 0.717) is 24.2 Å². The number of rotatable bonds is 5. The number of nitrogens with one attached hydrogen (secondary N) is 1. The van der Waals surface area contributed by atoms with Crippen LogP contribution in [0, 0.1) is 12.3 Å². The first-order chi connectivity index (χ1) is 9.06. The molecule has 1 rings (SSSR count). The van der Waals surface area contributed by atoms with E-state index < -0.39 is 12.0 Å². The van der Waals surface area contributed by atoms with Crippen LogP contribution in [-0.4, -0.2) is 35.1 Å². The average molecular weight is 260 g/mol. The SMILES string of the molecule is C#Cc1cccc(NC(=O)N(CCC)CC(=O)O)c1. The van der Waals surface area contributed by atoms with E-state index in [2.05, 4.69) is 11.2 Å². The van der Waals surface area contributed by atoms with Crippen molar-refractivity contribution in [3.05, 3.63) is 29.8 Å². The molecule has 0 bridgehead atoms. The lowest BCUT2D eigenvalue weighted by Crippen LogP contribution is -2.39. The molecule has 0 radical (unpaired) electrons. The molecule has 1 aromatic rings. The number of benzene rings is 1. The molecule has 0 atom stereocenters. The van der Waals surface area contributed by atoms with Crippen LogP contribution in [0.1, 0.15) is 18.9 Å². The topological polar surface area (TPSA) is 69.6 Å². The van der Waals surface area contributed by atoms with Crippen molar-refractivity contribution in [2.75, 3.05) is 18.4 Å². The first kappa shape index (κ1) is 14.6. The minimum atomic E-state index is -1.04. The summed E-state index contributed by atoms with van der Waals surface area (Å²) in [6.07, 6.45) is 5.96. The molecular formula is C14H16N2O3. The molecule has 1 aromatic carbocycles. The van der Waals surface area contributed by atoms with Gasteiger partial charge in [0.25, 0.3) is 0 Å². The number of terminal acetylenes is 1. The third-order valence-corrected chi connectivity index (χ3v) is 2.39. The van der Waals surface area contributed by atoms with Gasteiger partial charge in [0.2, 0.25) is 0 Å². The maximum Gasteiger partial charge on any atom is 0.323 e. The van der Waals surface area contributed by atoms with Crippen molar-refractivity contribution in [3.8, 4) is 12.3 Å². The van der Waals surface area contributed by atoms with Crippen LogP contribution in [0.4, 0.5) is 10.5 Å². The second-order valence-corrected chi connectivity index (χ2v) is 3.97. The van der Waals surface area contributed by atoms with Gasteiger partial charge >= 0.3 is 12.0 Å². The zero-order valence-corrected chi connectivity index (χ0v) is 10.7. The van der Waals surface area contributed by atoms with E-state index >= 15 is 0 Å². The summed E-state index contributed by atoms with van der Waals surface area (Å²) in [5, 5.41) is 11.4. The van der Waals surface area contributed by atoms with E-state index in [4.69, 9.17) is 11.5 Å². The van der Waals surface area contributed by atoms with Crippen molar-refractivity contribution in [1.29, 1.82) is 0 Å². The van der Waals surface area contributed by atoms with Crippen molar-refractivity contribution in [3.63, 3.8) is 0 Å². The van der Waals surface area contributed by atoms with Gasteiger partial charge in [0, 0.05) is 17.8 Å². The van der Waals surface area contributed by atoms with Crippen molar-refractivity contribution in [2.45, 2.75) is 13.3 Å². The lowest BCUT2D eigenvalue weighted by atomic mass is 10.2. The summed E-state index contributed by atoms with van der Waals surface area (Å²) in [7, 11) is 0. The van der Waals surface area contributed by atoms with Gasteiger partial charge in [-0.2, -0.15) is 0 Å². The molecule has 0 unspecified atom stereocenters. The number of amides is 2. The van der Waals surface area contributed by atoms with Gasteiger partial charge in [-0.05, 0) is 24.6 Å². The number of anilines is 1. The number of aliphatic carboxylic acids is 1. The molecule has 0 spiro atoms. The molecule has 0 heterocycles. The molecule has 19 heavy (non-hydrogen) atoms. The first-order valence-electron chi connectivity index (χ1n) is 5.91. The van der Waals surface area contributed by atoms with Gasteiger partial charge in [0.15, 0.2) is 0 Å². The predicted octanol–water partition coefficient (Wildman–Crippen LogP) is 2.00. The maximum absolute atomic E-state index is 11.9. The summed E-state index contributed by atoms with van der Waals surface area (Å²) in [6.45, 7) is 1.93. The zero-order chi connectivity index (χ0) is 14.3. The highest BCUT2D eigenvalue weighted by atomic mass is 16.4. The zero-order valence-electron chi connectivity index (χ0n) is 10.7. The largest absolute Gasteiger partial charge is 0.480 e. The quantitative estimate of drug-likeness (QED) is 0.795. The minimum Gasteiger partial charge on any atom is -0.480 e. The predicted molar refractivity (Wildman–Crippen MR) is 72.9 cm³/mol. The van der Waals surface area contributed by atoms with Crippen LogP contribution in [0.15, 0.2) is 24.3 Å². The standard InChI is InChI=1S/C14H16N2O3/c1-3-8-16(10-13(17)18)14(19)15-12-7-5-6-11(4-2)9-12/h2,5-7,9H,3,8,10H2,1H3,(H,15,19)(H,17,18). The van der Waals surface area contributed by atoms with Gasteiger partial charge in [0.05, 0.1) is 0 Å². The van der Waals surface area contributed by atoms with E-state index in [-0.39, 0.29) is 6.54 Å². The second-order valence-electron chi connectivity index (χ2n) is 3.97. The smallest absolute Gasteiger partial charge is 0.323 e. The van der Waals surface area contributed by atoms with Crippen LogP contribution in [0.25, 0.3) is 0 Å². The monoisotopic (exact) mass is 260 g/mol. The van der Waals surface area contributed by atoms with E-state index in [1.54, 1.807) is 24.3 Å². The average Bonchev–Trinajstić information content (AvgIpc) is 2.38. The number of urea groups is 1. The molecule has 2 N–H and O–H groups in total. The molecule has 0 aliphatic carbocycles. The summed E-state index contributed by atoms with van der Waals surface area (Å²) in [6, 6.07) is 6.38. The number of carbonyl (C=O) groups excluding carboxylic acids is 1. The summed E-state index contributed by atoms with van der Waals surface area (Å²) >= 11 is 0. The Kier molecular flexibility index (Phi) is 5.42. The van der Waals surface area contributed by atoms with Crippen molar-refractivity contribution in [1.82, 2.24) is 4.90 Å². The summed E-state index contributed by atoms with van der Waals surface area (Å²) in [5.41, 5.74) is 1.20. The van der Waals surface area contributed by atoms with Crippen molar-refractivity contribution in [2.24, 2.45) is 0 Å². The van der Waals surface area contributed by atoms with E-state index in [9.17, 15) is 9.59 Å². The molecule has 2 amide bonds. The van der Waals surface area contributed by atoms with Gasteiger partial charge in [-0.25, -0.2) is 4.79 Å². The van der Waals surface area contributed by atoms with Crippen LogP contribution in [0.5, 0.6) is 0 Å². The van der Waals surface area contributed by atoms with Gasteiger partial charge < -0.3 is 15.3 Å². The van der Waals surface area contributed by atoms with E-state index in [1.165, 1.54) is 4.90 Å². The first-order valence-corrected chi connectivity index (χ1v) is 5.91. The fraction of sp³-hybridized carbons (Fsp3) is 0.286. The van der Waals surface area contributed by atoms with Gasteiger partial charge in [0.1, 0.15) is 6.54 Å². The minimum absolute atomic E-state index is 0.325. The third-order valence-electron chi connectivity index (χ3n) is 2.39. The molecule has 0 aliphatic rings. The molecule has 5 heteroatoms. The number of carboxylic acids is 1. The Bertz CT molecular complexity index is 506. The fourth-order valence-corrected chi connectivity index (χ4v) is 1.57. The normalized spacial score (nSPS) is 9.47. The van der Waals surface area contributed by atoms with Gasteiger partial charge in [-0.1, -0.05) is 18.9 Å². The molecular weight excluding hydrogens is 244 g/mol. The van der Waals surface area contributed by atoms with Crippen LogP contribution in [0.3, 0.4) is 0 Å². The van der Waals surface area contributed by atoms with E-state index in [0.717, 1.165) is 0 Å². The Morgan fingerprint density at radius 3 is 2.79 bits per heavy atom. The molecule has 0 aromatic heterocycles. The van der Waals surface area contributed by atoms with Crippen LogP contribution in [-0.2, 0) is 4.79 Å². The van der Waals surface area contributed by atoms with Crippen molar-refractivity contribution < 1.29 is 14.7 Å². The Morgan fingerprint density at radius 1 is 1.47 bits per heavy atom. The molecule has 0 saturated heterocycles. The van der Waals surface area contributed by atoms with Crippen LogP contribution >= 0.6 is 0 Å². The molecule has 0 fully saturated rings. The highest BCUT2D eigenvalue weighted by Crippen LogP contribution is 2.10. The molecule has 0 aliphatic heterocycles. The van der Waals surface area contributed by atoms with E-state index in [1.807, 2.05) is 6.92 Å². The number of hydrogen-bond donors (Lipinski definition) is 2. The van der Waals surface area contributed by atoms with Crippen molar-refractivity contribution >= 4 is 17.7 Å². The number of carboxylic acid groups (broad SMARTS) is 1. The third kappa shape index (κ3) is 4.72. The molecule has 0 saturated carbocycles. The highest BCUT2D eigenvalue weighted by molar-refractivity contribution is 5.91. The summed E-state index contributed by atoms with van der Waals surface area (Å²) in [5.74, 6) is 1.43. The van der Waals surface area contributed by atoms with Gasteiger partial charge in [-0.3, -0.25) is 4.79 Å². The number of nitrogens with zero attached hydrogens (tertiary/aromatic N) is 1. The second kappa shape index (κ2) is 7.07. The summed E-state index contributed by atoms with van der Waals surface area (Å²) in [4.78, 5) is 23.9. The molecule has 100 valence electrons. The maximum atomic E-state index is 11.9. The number of carbonyl (C=O) groups is 2. The molecule has 5 nitrogen and oxygen atoms in total. The van der Waals surface area contributed by atoms with Crippen LogP contribution < -0.4 is 5.32 Å². The summed E-state index contributed by atoms with van der Waals surface area (Å²) < 4.78 is 0. The Hall–Kier alpha value is -2.48. The Morgan fingerprint density at radius 2 is 2.21 bits per heavy atom. The Labute approximate surface area is 112 Å².